The maximum absolute atomic E-state index is 4.35. The highest BCUT2D eigenvalue weighted by molar-refractivity contribution is 5.28. The zero-order valence-corrected chi connectivity index (χ0v) is 14.6. The average Bonchev–Trinajstić information content (AvgIpc) is 2.62. The van der Waals surface area contributed by atoms with E-state index in [0.717, 1.165) is 19.4 Å². The van der Waals surface area contributed by atoms with Gasteiger partial charge in [-0.05, 0) is 69.2 Å². The molecule has 2 fully saturated rings. The predicted molar refractivity (Wildman–Crippen MR) is 98.5 cm³/mol. The lowest BCUT2D eigenvalue weighted by atomic mass is 10.00. The monoisotopic (exact) mass is 312 g/mol. The van der Waals surface area contributed by atoms with E-state index in [4.69, 9.17) is 0 Å². The minimum Gasteiger partial charge on any atom is -0.375 e. The molecule has 0 aromatic heterocycles. The topological polar surface area (TPSA) is 6.48 Å². The van der Waals surface area contributed by atoms with Gasteiger partial charge in [-0.25, -0.2) is 0 Å². The minimum absolute atomic E-state index is 1.11. The maximum Gasteiger partial charge on any atom is 0.0236 e. The second-order valence-corrected chi connectivity index (χ2v) is 7.22. The average molecular weight is 313 g/mol. The minimum atomic E-state index is 1.11. The van der Waals surface area contributed by atoms with Crippen LogP contribution in [0.2, 0.25) is 0 Å². The SMILES string of the molecule is C=C(CCc1ccccc1CN1CCCCC1)N1CCCCC1. The number of rotatable bonds is 6. The van der Waals surface area contributed by atoms with Gasteiger partial charge < -0.3 is 4.90 Å². The number of allylic oxidation sites excluding steroid dienone is 1. The van der Waals surface area contributed by atoms with E-state index < -0.39 is 0 Å². The quantitative estimate of drug-likeness (QED) is 0.757. The first-order chi connectivity index (χ1) is 11.3. The molecule has 0 bridgehead atoms. The molecular formula is C21H32N2. The first kappa shape index (κ1) is 16.6. The zero-order valence-electron chi connectivity index (χ0n) is 14.6. The summed E-state index contributed by atoms with van der Waals surface area (Å²) in [4.78, 5) is 5.14. The molecule has 2 nitrogen and oxygen atoms in total. The van der Waals surface area contributed by atoms with Crippen molar-refractivity contribution in [3.8, 4) is 0 Å². The normalized spacial score (nSPS) is 19.7. The Hall–Kier alpha value is -1.28. The van der Waals surface area contributed by atoms with Crippen molar-refractivity contribution < 1.29 is 0 Å². The van der Waals surface area contributed by atoms with Crippen LogP contribution in [0.25, 0.3) is 0 Å². The molecule has 0 aliphatic carbocycles. The molecule has 23 heavy (non-hydrogen) atoms. The highest BCUT2D eigenvalue weighted by atomic mass is 15.1. The van der Waals surface area contributed by atoms with Gasteiger partial charge in [-0.2, -0.15) is 0 Å². The Labute approximate surface area is 142 Å². The van der Waals surface area contributed by atoms with Gasteiger partial charge in [0.15, 0.2) is 0 Å². The van der Waals surface area contributed by atoms with Crippen molar-refractivity contribution in [2.45, 2.75) is 57.9 Å². The molecule has 126 valence electrons. The fourth-order valence-electron chi connectivity index (χ4n) is 3.96. The summed E-state index contributed by atoms with van der Waals surface area (Å²) in [5, 5.41) is 0. The summed E-state index contributed by atoms with van der Waals surface area (Å²) >= 11 is 0. The van der Waals surface area contributed by atoms with E-state index in [0.29, 0.717) is 0 Å². The number of benzene rings is 1. The van der Waals surface area contributed by atoms with Crippen LogP contribution in [0, 0.1) is 0 Å². The van der Waals surface area contributed by atoms with Crippen LogP contribution in [0.3, 0.4) is 0 Å². The van der Waals surface area contributed by atoms with Gasteiger partial charge in [0, 0.05) is 25.3 Å². The van der Waals surface area contributed by atoms with E-state index in [1.165, 1.54) is 81.5 Å². The fourth-order valence-corrected chi connectivity index (χ4v) is 3.96. The van der Waals surface area contributed by atoms with Crippen molar-refractivity contribution in [2.75, 3.05) is 26.2 Å². The van der Waals surface area contributed by atoms with E-state index in [9.17, 15) is 0 Å². The van der Waals surface area contributed by atoms with Crippen molar-refractivity contribution in [1.82, 2.24) is 9.80 Å². The van der Waals surface area contributed by atoms with Gasteiger partial charge in [-0.15, -0.1) is 0 Å². The third-order valence-corrected chi connectivity index (χ3v) is 5.45. The summed E-state index contributed by atoms with van der Waals surface area (Å²) < 4.78 is 0. The Morgan fingerprint density at radius 1 is 0.826 bits per heavy atom. The summed E-state index contributed by atoms with van der Waals surface area (Å²) in [5.74, 6) is 0. The van der Waals surface area contributed by atoms with E-state index >= 15 is 0 Å². The van der Waals surface area contributed by atoms with Gasteiger partial charge in [0.25, 0.3) is 0 Å². The molecule has 2 saturated heterocycles. The Morgan fingerprint density at radius 3 is 2.13 bits per heavy atom. The molecule has 1 aromatic carbocycles. The second-order valence-electron chi connectivity index (χ2n) is 7.22. The Balaban J connectivity index is 1.55. The van der Waals surface area contributed by atoms with Crippen LogP contribution >= 0.6 is 0 Å². The number of hydrogen-bond acceptors (Lipinski definition) is 2. The highest BCUT2D eigenvalue weighted by Gasteiger charge is 2.14. The molecule has 2 aliphatic rings. The van der Waals surface area contributed by atoms with E-state index in [1.807, 2.05) is 0 Å². The van der Waals surface area contributed by atoms with Crippen molar-refractivity contribution >= 4 is 0 Å². The third kappa shape index (κ3) is 4.84. The van der Waals surface area contributed by atoms with Gasteiger partial charge >= 0.3 is 0 Å². The molecule has 3 rings (SSSR count). The Bertz CT molecular complexity index is 496. The van der Waals surface area contributed by atoms with E-state index in [-0.39, 0.29) is 0 Å². The van der Waals surface area contributed by atoms with Crippen molar-refractivity contribution in [3.05, 3.63) is 47.7 Å². The summed E-state index contributed by atoms with van der Waals surface area (Å²) in [6.07, 6.45) is 10.5. The van der Waals surface area contributed by atoms with Gasteiger partial charge in [-0.3, -0.25) is 4.90 Å². The van der Waals surface area contributed by atoms with Gasteiger partial charge in [0.2, 0.25) is 0 Å². The van der Waals surface area contributed by atoms with Gasteiger partial charge in [0.05, 0.1) is 0 Å². The predicted octanol–water partition coefficient (Wildman–Crippen LogP) is 4.60. The van der Waals surface area contributed by atoms with Crippen LogP contribution in [-0.2, 0) is 13.0 Å². The number of piperidine rings is 2. The smallest absolute Gasteiger partial charge is 0.0236 e. The van der Waals surface area contributed by atoms with E-state index in [1.54, 1.807) is 0 Å². The lowest BCUT2D eigenvalue weighted by Crippen LogP contribution is -2.30. The number of aryl methyl sites for hydroxylation is 1. The molecule has 0 spiro atoms. The number of nitrogens with zero attached hydrogens (tertiary/aromatic N) is 2. The third-order valence-electron chi connectivity index (χ3n) is 5.45. The van der Waals surface area contributed by atoms with Crippen molar-refractivity contribution in [2.24, 2.45) is 0 Å². The second kappa shape index (κ2) is 8.54. The van der Waals surface area contributed by atoms with Crippen molar-refractivity contribution in [1.29, 1.82) is 0 Å². The van der Waals surface area contributed by atoms with Gasteiger partial charge in [0.1, 0.15) is 0 Å². The van der Waals surface area contributed by atoms with E-state index in [2.05, 4.69) is 40.6 Å². The molecule has 0 radical (unpaired) electrons. The van der Waals surface area contributed by atoms with Crippen LogP contribution in [0.1, 0.15) is 56.1 Å². The summed E-state index contributed by atoms with van der Waals surface area (Å²) in [5.41, 5.74) is 4.40. The summed E-state index contributed by atoms with van der Waals surface area (Å²) in [7, 11) is 0. The summed E-state index contributed by atoms with van der Waals surface area (Å²) in [6, 6.07) is 9.04. The molecular weight excluding hydrogens is 280 g/mol. The lowest BCUT2D eigenvalue weighted by molar-refractivity contribution is 0.220. The largest absolute Gasteiger partial charge is 0.375 e. The highest BCUT2D eigenvalue weighted by Crippen LogP contribution is 2.21. The molecule has 0 saturated carbocycles. The molecule has 2 aliphatic heterocycles. The number of likely N-dealkylation sites (tertiary alicyclic amines) is 2. The first-order valence-corrected chi connectivity index (χ1v) is 9.55. The number of hydrogen-bond donors (Lipinski definition) is 0. The zero-order chi connectivity index (χ0) is 15.9. The van der Waals surface area contributed by atoms with Crippen LogP contribution in [-0.4, -0.2) is 36.0 Å². The molecule has 0 atom stereocenters. The molecule has 0 unspecified atom stereocenters. The molecule has 1 aromatic rings. The molecule has 0 N–H and O–H groups in total. The molecule has 2 heteroatoms. The maximum atomic E-state index is 4.35. The summed E-state index contributed by atoms with van der Waals surface area (Å²) in [6.45, 7) is 10.5. The van der Waals surface area contributed by atoms with Crippen LogP contribution in [0.15, 0.2) is 36.5 Å². The first-order valence-electron chi connectivity index (χ1n) is 9.55. The van der Waals surface area contributed by atoms with Crippen LogP contribution in [0.5, 0.6) is 0 Å². The van der Waals surface area contributed by atoms with Crippen molar-refractivity contribution in [3.63, 3.8) is 0 Å². The van der Waals surface area contributed by atoms with Crippen LogP contribution in [0.4, 0.5) is 0 Å². The fraction of sp³-hybridized carbons (Fsp3) is 0.619. The van der Waals surface area contributed by atoms with Crippen LogP contribution < -0.4 is 0 Å². The Kier molecular flexibility index (Phi) is 6.15. The Morgan fingerprint density at radius 2 is 1.43 bits per heavy atom. The van der Waals surface area contributed by atoms with Gasteiger partial charge in [-0.1, -0.05) is 37.3 Å². The molecule has 2 heterocycles. The molecule has 0 amide bonds. The lowest BCUT2D eigenvalue weighted by Gasteiger charge is -2.31. The standard InChI is InChI=1S/C21H32N2/c1-19(23-16-8-3-9-17-23)12-13-20-10-4-5-11-21(20)18-22-14-6-2-7-15-22/h4-5,10-11H,1-3,6-9,12-18H2.